The van der Waals surface area contributed by atoms with Crippen molar-refractivity contribution in [1.29, 1.82) is 0 Å². The van der Waals surface area contributed by atoms with Gasteiger partial charge in [0.05, 0.1) is 7.11 Å². The Labute approximate surface area is 189 Å². The second kappa shape index (κ2) is 9.02. The van der Waals surface area contributed by atoms with Crippen molar-refractivity contribution in [2.75, 3.05) is 18.6 Å². The number of benzene rings is 3. The lowest BCUT2D eigenvalue weighted by molar-refractivity contribution is -0.134. The number of aromatic hydroxyl groups is 1. The van der Waals surface area contributed by atoms with Gasteiger partial charge in [-0.3, -0.25) is 0 Å². The Balaban J connectivity index is 1.90. The van der Waals surface area contributed by atoms with E-state index >= 15 is 8.78 Å². The van der Waals surface area contributed by atoms with Gasteiger partial charge < -0.3 is 14.7 Å². The van der Waals surface area contributed by atoms with E-state index in [1.807, 2.05) is 0 Å². The molecular weight excluding hydrogens is 431 g/mol. The number of hydrogen-bond acceptors (Lipinski definition) is 4. The Morgan fingerprint density at radius 2 is 1.79 bits per heavy atom. The minimum absolute atomic E-state index is 0.00967. The molecule has 1 unspecified atom stereocenters. The van der Waals surface area contributed by atoms with Crippen LogP contribution in [0.1, 0.15) is 22.3 Å². The van der Waals surface area contributed by atoms with E-state index in [2.05, 4.69) is 4.74 Å². The lowest BCUT2D eigenvalue weighted by Gasteiger charge is -2.49. The van der Waals surface area contributed by atoms with Gasteiger partial charge >= 0.3 is 5.97 Å². The third kappa shape index (κ3) is 4.06. The van der Waals surface area contributed by atoms with E-state index in [4.69, 9.17) is 0 Å². The van der Waals surface area contributed by atoms with Crippen LogP contribution < -0.4 is 4.90 Å². The highest BCUT2D eigenvalue weighted by molar-refractivity contribution is 5.86. The van der Waals surface area contributed by atoms with Crippen LogP contribution in [0, 0.1) is 5.82 Å². The Kier molecular flexibility index (Phi) is 6.14. The van der Waals surface area contributed by atoms with Gasteiger partial charge in [0.1, 0.15) is 11.6 Å². The van der Waals surface area contributed by atoms with E-state index < -0.39 is 23.8 Å². The van der Waals surface area contributed by atoms with Gasteiger partial charge in [-0.15, -0.1) is 0 Å². The average Bonchev–Trinajstić information content (AvgIpc) is 2.82. The van der Waals surface area contributed by atoms with E-state index in [1.54, 1.807) is 29.2 Å². The lowest BCUT2D eigenvalue weighted by Crippen LogP contribution is -2.56. The molecule has 0 saturated carbocycles. The van der Waals surface area contributed by atoms with Gasteiger partial charge in [-0.25, -0.2) is 18.0 Å². The Hall–Kier alpha value is -3.74. The monoisotopic (exact) mass is 453 g/mol. The number of nitrogens with zero attached hydrogens (tertiary/aromatic N) is 1. The third-order valence-electron chi connectivity index (χ3n) is 5.95. The molecule has 33 heavy (non-hydrogen) atoms. The Morgan fingerprint density at radius 3 is 2.42 bits per heavy atom. The van der Waals surface area contributed by atoms with Gasteiger partial charge in [0.25, 0.3) is 6.43 Å². The molecule has 7 heteroatoms. The number of carbonyl (C=O) groups excluding carboxylic acids is 1. The maximum absolute atomic E-state index is 15.2. The number of ether oxygens (including phenoxy) is 1. The first-order valence-electron chi connectivity index (χ1n) is 10.4. The first-order chi connectivity index (χ1) is 15.9. The summed E-state index contributed by atoms with van der Waals surface area (Å²) < 4.78 is 48.6. The second-order valence-electron chi connectivity index (χ2n) is 7.77. The van der Waals surface area contributed by atoms with Crippen LogP contribution in [0.4, 0.5) is 18.9 Å². The molecule has 0 aromatic heterocycles. The number of methoxy groups -OCH3 is 1. The summed E-state index contributed by atoms with van der Waals surface area (Å²) in [6.07, 6.45) is 0.384. The second-order valence-corrected chi connectivity index (χ2v) is 7.77. The van der Waals surface area contributed by atoms with Crippen molar-refractivity contribution in [2.24, 2.45) is 0 Å². The standard InChI is InChI=1S/C26H22F3NO3/c1-33-24(32)13-4-17-2-5-19(6-3-17)26(25(28)29)23-12-11-22(31)16-18(23)14-15-30(26)21-9-7-20(27)8-10-21/h2-13,16,25,31H,14-15H2,1H3. The zero-order valence-electron chi connectivity index (χ0n) is 17.8. The minimum Gasteiger partial charge on any atom is -0.508 e. The highest BCUT2D eigenvalue weighted by Crippen LogP contribution is 2.48. The van der Waals surface area contributed by atoms with Crippen LogP contribution in [0.2, 0.25) is 0 Å². The average molecular weight is 453 g/mol. The number of phenols is 1. The van der Waals surface area contributed by atoms with Crippen LogP contribution in [0.15, 0.2) is 72.8 Å². The third-order valence-corrected chi connectivity index (χ3v) is 5.95. The number of esters is 1. The molecule has 0 saturated heterocycles. The van der Waals surface area contributed by atoms with Gasteiger partial charge in [0.15, 0.2) is 5.54 Å². The highest BCUT2D eigenvalue weighted by Gasteiger charge is 2.51. The van der Waals surface area contributed by atoms with E-state index in [0.717, 1.165) is 0 Å². The van der Waals surface area contributed by atoms with Crippen LogP contribution >= 0.6 is 0 Å². The van der Waals surface area contributed by atoms with Crippen LogP contribution in [0.25, 0.3) is 6.08 Å². The first-order valence-corrected chi connectivity index (χ1v) is 10.4. The lowest BCUT2D eigenvalue weighted by atomic mass is 9.75. The molecule has 0 aliphatic carbocycles. The number of fused-ring (bicyclic) bond motifs is 1. The molecule has 3 aromatic rings. The molecule has 0 bridgehead atoms. The van der Waals surface area contributed by atoms with Gasteiger partial charge in [0, 0.05) is 18.3 Å². The van der Waals surface area contributed by atoms with Crippen molar-refractivity contribution in [3.8, 4) is 5.75 Å². The van der Waals surface area contributed by atoms with Gasteiger partial charge in [-0.05, 0) is 71.1 Å². The van der Waals surface area contributed by atoms with Crippen LogP contribution in [-0.2, 0) is 21.5 Å². The molecule has 4 rings (SSSR count). The Bertz CT molecular complexity index is 1180. The summed E-state index contributed by atoms with van der Waals surface area (Å²) in [5.41, 5.74) is 0.591. The van der Waals surface area contributed by atoms with Crippen molar-refractivity contribution in [3.63, 3.8) is 0 Å². The van der Waals surface area contributed by atoms with Crippen LogP contribution in [-0.4, -0.2) is 31.2 Å². The summed E-state index contributed by atoms with van der Waals surface area (Å²) in [6.45, 7) is 0.246. The van der Waals surface area contributed by atoms with Gasteiger partial charge in [-0.1, -0.05) is 30.3 Å². The summed E-state index contributed by atoms with van der Waals surface area (Å²) in [6, 6.07) is 16.4. The molecule has 0 spiro atoms. The molecule has 0 amide bonds. The fourth-order valence-corrected chi connectivity index (χ4v) is 4.42. The number of alkyl halides is 2. The predicted molar refractivity (Wildman–Crippen MR) is 120 cm³/mol. The van der Waals surface area contributed by atoms with Gasteiger partial charge in [0.2, 0.25) is 0 Å². The van der Waals surface area contributed by atoms with Gasteiger partial charge in [-0.2, -0.15) is 0 Å². The van der Waals surface area contributed by atoms with E-state index in [1.165, 1.54) is 61.7 Å². The zero-order valence-corrected chi connectivity index (χ0v) is 17.8. The van der Waals surface area contributed by atoms with E-state index in [9.17, 15) is 14.3 Å². The van der Waals surface area contributed by atoms with Crippen molar-refractivity contribution >= 4 is 17.7 Å². The molecule has 4 nitrogen and oxygen atoms in total. The largest absolute Gasteiger partial charge is 0.508 e. The van der Waals surface area contributed by atoms with Crippen molar-refractivity contribution in [3.05, 3.63) is 101 Å². The summed E-state index contributed by atoms with van der Waals surface area (Å²) in [5, 5.41) is 9.95. The number of anilines is 1. The maximum atomic E-state index is 15.2. The molecule has 1 N–H and O–H groups in total. The molecular formula is C26H22F3NO3. The number of hydrogen-bond donors (Lipinski definition) is 1. The van der Waals surface area contributed by atoms with Crippen molar-refractivity contribution in [2.45, 2.75) is 18.4 Å². The summed E-state index contributed by atoms with van der Waals surface area (Å²) in [7, 11) is 1.27. The van der Waals surface area contributed by atoms with Crippen LogP contribution in [0.5, 0.6) is 5.75 Å². The van der Waals surface area contributed by atoms with E-state index in [-0.39, 0.29) is 12.3 Å². The Morgan fingerprint density at radius 1 is 1.09 bits per heavy atom. The molecule has 1 atom stereocenters. The zero-order chi connectivity index (χ0) is 23.6. The minimum atomic E-state index is -2.84. The molecule has 1 heterocycles. The molecule has 3 aromatic carbocycles. The van der Waals surface area contributed by atoms with Crippen molar-refractivity contribution < 1.29 is 27.8 Å². The number of carbonyl (C=O) groups is 1. The number of halogens is 3. The fraction of sp³-hybridized carbons (Fsp3) is 0.192. The fourth-order valence-electron chi connectivity index (χ4n) is 4.42. The predicted octanol–water partition coefficient (Wildman–Crippen LogP) is 5.29. The number of phenolic OH excluding ortho intramolecular Hbond substituents is 1. The summed E-state index contributed by atoms with van der Waals surface area (Å²) >= 11 is 0. The molecule has 170 valence electrons. The quantitative estimate of drug-likeness (QED) is 0.421. The van der Waals surface area contributed by atoms with Crippen molar-refractivity contribution in [1.82, 2.24) is 0 Å². The highest BCUT2D eigenvalue weighted by atomic mass is 19.3. The van der Waals surface area contributed by atoms with E-state index in [0.29, 0.717) is 34.4 Å². The summed E-state index contributed by atoms with van der Waals surface area (Å²) in [5.74, 6) is -0.965. The SMILES string of the molecule is COC(=O)C=Cc1ccc(C2(C(F)F)c3ccc(O)cc3CCN2c2ccc(F)cc2)cc1. The normalized spacial score (nSPS) is 17.9. The molecule has 0 radical (unpaired) electrons. The maximum Gasteiger partial charge on any atom is 0.330 e. The smallest absolute Gasteiger partial charge is 0.330 e. The summed E-state index contributed by atoms with van der Waals surface area (Å²) in [4.78, 5) is 13.0. The molecule has 1 aliphatic rings. The number of rotatable bonds is 5. The first kappa shape index (κ1) is 22.5. The molecule has 1 aliphatic heterocycles. The molecule has 0 fully saturated rings. The van der Waals surface area contributed by atoms with Crippen LogP contribution in [0.3, 0.4) is 0 Å². The topological polar surface area (TPSA) is 49.8 Å².